The van der Waals surface area contributed by atoms with E-state index in [9.17, 15) is 9.90 Å². The molecule has 2 N–H and O–H groups in total. The number of aromatic nitrogens is 1. The highest BCUT2D eigenvalue weighted by Gasteiger charge is 2.08. The van der Waals surface area contributed by atoms with Crippen LogP contribution in [0, 0.1) is 0 Å². The summed E-state index contributed by atoms with van der Waals surface area (Å²) in [5.74, 6) is 0.247. The van der Waals surface area contributed by atoms with Crippen molar-refractivity contribution in [1.29, 1.82) is 0 Å². The number of rotatable bonds is 1. The highest BCUT2D eigenvalue weighted by Crippen LogP contribution is 2.24. The van der Waals surface area contributed by atoms with Gasteiger partial charge in [-0.2, -0.15) is 0 Å². The average molecular weight is 255 g/mol. The maximum absolute atomic E-state index is 11.9. The van der Waals surface area contributed by atoms with Crippen LogP contribution in [0.25, 0.3) is 22.3 Å². The third-order valence-electron chi connectivity index (χ3n) is 2.75. The van der Waals surface area contributed by atoms with Crippen LogP contribution in [-0.2, 0) is 0 Å². The Morgan fingerprint density at radius 2 is 1.89 bits per heavy atom. The number of hydrogen-bond donors (Lipinski definition) is 2. The zero-order chi connectivity index (χ0) is 13.4. The SMILES string of the molecule is O=c1cc(-c2ccc(O)nc2)oc2cc(O)ccc12. The van der Waals surface area contributed by atoms with Crippen molar-refractivity contribution < 1.29 is 14.6 Å². The molecule has 0 amide bonds. The molecular weight excluding hydrogens is 246 g/mol. The second kappa shape index (κ2) is 4.13. The summed E-state index contributed by atoms with van der Waals surface area (Å²) in [5, 5.41) is 18.9. The van der Waals surface area contributed by atoms with E-state index >= 15 is 0 Å². The Morgan fingerprint density at radius 3 is 2.63 bits per heavy atom. The zero-order valence-corrected chi connectivity index (χ0v) is 9.70. The van der Waals surface area contributed by atoms with Gasteiger partial charge >= 0.3 is 0 Å². The number of nitrogens with zero attached hydrogens (tertiary/aromatic N) is 1. The smallest absolute Gasteiger partial charge is 0.210 e. The summed E-state index contributed by atoms with van der Waals surface area (Å²) in [5.41, 5.74) is 0.667. The largest absolute Gasteiger partial charge is 0.508 e. The number of phenolic OH excluding ortho intramolecular Hbond substituents is 1. The topological polar surface area (TPSA) is 83.6 Å². The molecular formula is C14H9NO4. The van der Waals surface area contributed by atoms with Crippen LogP contribution < -0.4 is 5.43 Å². The van der Waals surface area contributed by atoms with Crippen molar-refractivity contribution in [2.24, 2.45) is 0 Å². The molecule has 0 spiro atoms. The molecule has 3 rings (SSSR count). The second-order valence-electron chi connectivity index (χ2n) is 4.06. The Bertz CT molecular complexity index is 806. The Morgan fingerprint density at radius 1 is 1.05 bits per heavy atom. The van der Waals surface area contributed by atoms with Gasteiger partial charge in [0.2, 0.25) is 5.88 Å². The number of hydrogen-bond acceptors (Lipinski definition) is 5. The molecule has 0 aliphatic heterocycles. The van der Waals surface area contributed by atoms with Crippen molar-refractivity contribution in [2.45, 2.75) is 0 Å². The normalized spacial score (nSPS) is 10.7. The molecule has 1 aromatic carbocycles. The fourth-order valence-corrected chi connectivity index (χ4v) is 1.82. The number of pyridine rings is 1. The summed E-state index contributed by atoms with van der Waals surface area (Å²) in [6, 6.07) is 8.68. The molecule has 0 atom stereocenters. The standard InChI is InChI=1S/C14H9NO4/c16-9-2-3-10-11(17)6-12(19-13(10)5-9)8-1-4-14(18)15-7-8/h1-7,16H,(H,15,18). The molecule has 3 aromatic rings. The molecule has 0 aliphatic carbocycles. The van der Waals surface area contributed by atoms with E-state index in [1.807, 2.05) is 0 Å². The number of benzene rings is 1. The first-order valence-electron chi connectivity index (χ1n) is 5.56. The first kappa shape index (κ1) is 11.3. The molecule has 0 saturated heterocycles. The maximum Gasteiger partial charge on any atom is 0.210 e. The lowest BCUT2D eigenvalue weighted by Gasteiger charge is -2.03. The molecule has 0 saturated carbocycles. The van der Waals surface area contributed by atoms with Gasteiger partial charge in [0, 0.05) is 30.0 Å². The molecule has 0 aliphatic rings. The lowest BCUT2D eigenvalue weighted by molar-refractivity contribution is 0.453. The van der Waals surface area contributed by atoms with Gasteiger partial charge in [-0.05, 0) is 18.2 Å². The second-order valence-corrected chi connectivity index (χ2v) is 4.06. The Kier molecular flexibility index (Phi) is 2.45. The van der Waals surface area contributed by atoms with Gasteiger partial charge in [0.15, 0.2) is 5.43 Å². The third-order valence-corrected chi connectivity index (χ3v) is 2.75. The van der Waals surface area contributed by atoms with Crippen molar-refractivity contribution in [3.8, 4) is 23.0 Å². The van der Waals surface area contributed by atoms with Crippen LogP contribution in [0.3, 0.4) is 0 Å². The van der Waals surface area contributed by atoms with Crippen molar-refractivity contribution in [3.63, 3.8) is 0 Å². The Labute approximate surface area is 107 Å². The van der Waals surface area contributed by atoms with E-state index in [-0.39, 0.29) is 17.1 Å². The zero-order valence-electron chi connectivity index (χ0n) is 9.70. The molecule has 0 bridgehead atoms. The van der Waals surface area contributed by atoms with E-state index in [0.29, 0.717) is 22.3 Å². The first-order valence-corrected chi connectivity index (χ1v) is 5.56. The van der Waals surface area contributed by atoms with Crippen molar-refractivity contribution in [2.75, 3.05) is 0 Å². The average Bonchev–Trinajstić information content (AvgIpc) is 2.38. The Balaban J connectivity index is 2.25. The highest BCUT2D eigenvalue weighted by molar-refractivity contribution is 5.79. The van der Waals surface area contributed by atoms with E-state index in [2.05, 4.69) is 4.98 Å². The van der Waals surface area contributed by atoms with Gasteiger partial charge in [-0.25, -0.2) is 4.98 Å². The van der Waals surface area contributed by atoms with Gasteiger partial charge in [-0.3, -0.25) is 4.79 Å². The van der Waals surface area contributed by atoms with Gasteiger partial charge in [0.05, 0.1) is 5.39 Å². The quantitative estimate of drug-likeness (QED) is 0.696. The fraction of sp³-hybridized carbons (Fsp3) is 0. The van der Waals surface area contributed by atoms with Gasteiger partial charge in [-0.15, -0.1) is 0 Å². The molecule has 0 fully saturated rings. The molecule has 2 heterocycles. The van der Waals surface area contributed by atoms with E-state index in [1.165, 1.54) is 36.5 Å². The predicted octanol–water partition coefficient (Wildman–Crippen LogP) is 2.27. The summed E-state index contributed by atoms with van der Waals surface area (Å²) in [6.07, 6.45) is 1.40. The van der Waals surface area contributed by atoms with Crippen molar-refractivity contribution in [1.82, 2.24) is 4.98 Å². The molecule has 2 aromatic heterocycles. The summed E-state index contributed by atoms with van der Waals surface area (Å²) < 4.78 is 5.57. The number of phenols is 1. The monoisotopic (exact) mass is 255 g/mol. The first-order chi connectivity index (χ1) is 9.13. The van der Waals surface area contributed by atoms with Gasteiger partial charge < -0.3 is 14.6 Å². The molecule has 0 radical (unpaired) electrons. The van der Waals surface area contributed by atoms with Crippen molar-refractivity contribution in [3.05, 3.63) is 52.8 Å². The minimum absolute atomic E-state index is 0.0247. The van der Waals surface area contributed by atoms with E-state index in [4.69, 9.17) is 9.52 Å². The van der Waals surface area contributed by atoms with Gasteiger partial charge in [0.1, 0.15) is 17.1 Å². The van der Waals surface area contributed by atoms with Gasteiger partial charge in [-0.1, -0.05) is 0 Å². The van der Waals surface area contributed by atoms with Crippen LogP contribution in [0.1, 0.15) is 0 Å². The van der Waals surface area contributed by atoms with E-state index in [0.717, 1.165) is 0 Å². The van der Waals surface area contributed by atoms with Crippen LogP contribution in [0.4, 0.5) is 0 Å². The minimum atomic E-state index is -0.204. The van der Waals surface area contributed by atoms with Crippen LogP contribution in [0.15, 0.2) is 51.8 Å². The molecule has 5 nitrogen and oxygen atoms in total. The number of aromatic hydroxyl groups is 2. The lowest BCUT2D eigenvalue weighted by atomic mass is 10.1. The van der Waals surface area contributed by atoms with Crippen LogP contribution in [-0.4, -0.2) is 15.2 Å². The maximum atomic E-state index is 11.9. The van der Waals surface area contributed by atoms with Gasteiger partial charge in [0.25, 0.3) is 0 Å². The van der Waals surface area contributed by atoms with Crippen LogP contribution >= 0.6 is 0 Å². The van der Waals surface area contributed by atoms with Crippen LogP contribution in [0.2, 0.25) is 0 Å². The third kappa shape index (κ3) is 2.01. The van der Waals surface area contributed by atoms with Crippen molar-refractivity contribution >= 4 is 11.0 Å². The predicted molar refractivity (Wildman–Crippen MR) is 69.0 cm³/mol. The lowest BCUT2D eigenvalue weighted by Crippen LogP contribution is -2.00. The number of fused-ring (bicyclic) bond motifs is 1. The highest BCUT2D eigenvalue weighted by atomic mass is 16.3. The van der Waals surface area contributed by atoms with E-state index in [1.54, 1.807) is 6.07 Å². The molecule has 94 valence electrons. The van der Waals surface area contributed by atoms with E-state index < -0.39 is 0 Å². The molecule has 19 heavy (non-hydrogen) atoms. The molecule has 5 heteroatoms. The summed E-state index contributed by atoms with van der Waals surface area (Å²) in [6.45, 7) is 0. The summed E-state index contributed by atoms with van der Waals surface area (Å²) >= 11 is 0. The minimum Gasteiger partial charge on any atom is -0.508 e. The van der Waals surface area contributed by atoms with Crippen LogP contribution in [0.5, 0.6) is 11.6 Å². The summed E-state index contributed by atoms with van der Waals surface area (Å²) in [7, 11) is 0. The molecule has 0 unspecified atom stereocenters. The fourth-order valence-electron chi connectivity index (χ4n) is 1.82. The summed E-state index contributed by atoms with van der Waals surface area (Å²) in [4.78, 5) is 15.7. The Hall–Kier alpha value is -2.82.